The molecule has 5 heteroatoms. The SMILES string of the molecule is CCCC1(C(=O)N(CC(=O)O)C(C)CC)CCNCC1. The number of hydrogen-bond donors (Lipinski definition) is 2. The molecule has 0 aromatic rings. The Hall–Kier alpha value is -1.10. The van der Waals surface area contributed by atoms with Gasteiger partial charge in [0.2, 0.25) is 5.91 Å². The molecule has 2 N–H and O–H groups in total. The molecule has 0 aliphatic carbocycles. The zero-order valence-electron chi connectivity index (χ0n) is 12.9. The van der Waals surface area contributed by atoms with E-state index < -0.39 is 5.97 Å². The molecule has 1 saturated heterocycles. The molecule has 1 fully saturated rings. The van der Waals surface area contributed by atoms with Gasteiger partial charge in [0.25, 0.3) is 0 Å². The minimum atomic E-state index is -0.931. The van der Waals surface area contributed by atoms with Gasteiger partial charge in [-0.25, -0.2) is 0 Å². The van der Waals surface area contributed by atoms with Gasteiger partial charge in [-0.05, 0) is 45.7 Å². The van der Waals surface area contributed by atoms with Crippen molar-refractivity contribution in [2.24, 2.45) is 5.41 Å². The van der Waals surface area contributed by atoms with Crippen LogP contribution >= 0.6 is 0 Å². The molecule has 1 atom stereocenters. The lowest BCUT2D eigenvalue weighted by atomic mass is 9.74. The fourth-order valence-corrected chi connectivity index (χ4v) is 3.05. The first-order chi connectivity index (χ1) is 9.46. The molecule has 20 heavy (non-hydrogen) atoms. The first-order valence-corrected chi connectivity index (χ1v) is 7.70. The molecule has 0 saturated carbocycles. The number of amides is 1. The van der Waals surface area contributed by atoms with Crippen molar-refractivity contribution in [1.82, 2.24) is 10.2 Å². The number of carboxylic acid groups (broad SMARTS) is 1. The monoisotopic (exact) mass is 284 g/mol. The zero-order valence-corrected chi connectivity index (χ0v) is 12.9. The maximum atomic E-state index is 13.0. The second-order valence-electron chi connectivity index (χ2n) is 5.86. The highest BCUT2D eigenvalue weighted by molar-refractivity contribution is 5.86. The maximum Gasteiger partial charge on any atom is 0.323 e. The molecule has 0 spiro atoms. The van der Waals surface area contributed by atoms with Crippen LogP contribution < -0.4 is 5.32 Å². The molecule has 1 unspecified atom stereocenters. The van der Waals surface area contributed by atoms with Gasteiger partial charge in [-0.15, -0.1) is 0 Å². The summed E-state index contributed by atoms with van der Waals surface area (Å²) in [6.07, 6.45) is 4.20. The molecule has 1 heterocycles. The third-order valence-corrected chi connectivity index (χ3v) is 4.43. The average Bonchev–Trinajstić information content (AvgIpc) is 2.44. The van der Waals surface area contributed by atoms with Crippen LogP contribution in [0.5, 0.6) is 0 Å². The minimum Gasteiger partial charge on any atom is -0.480 e. The second-order valence-corrected chi connectivity index (χ2v) is 5.86. The Morgan fingerprint density at radius 3 is 2.35 bits per heavy atom. The number of piperidine rings is 1. The van der Waals surface area contributed by atoms with E-state index in [0.29, 0.717) is 0 Å². The van der Waals surface area contributed by atoms with Gasteiger partial charge in [-0.2, -0.15) is 0 Å². The summed E-state index contributed by atoms with van der Waals surface area (Å²) in [6.45, 7) is 7.50. The van der Waals surface area contributed by atoms with E-state index >= 15 is 0 Å². The van der Waals surface area contributed by atoms with E-state index in [9.17, 15) is 9.59 Å². The molecule has 1 aliphatic rings. The van der Waals surface area contributed by atoms with Crippen LogP contribution in [-0.4, -0.2) is 47.6 Å². The highest BCUT2D eigenvalue weighted by Crippen LogP contribution is 2.36. The molecule has 0 aromatic heterocycles. The smallest absolute Gasteiger partial charge is 0.323 e. The maximum absolute atomic E-state index is 13.0. The number of nitrogens with zero attached hydrogens (tertiary/aromatic N) is 1. The Bertz CT molecular complexity index is 333. The summed E-state index contributed by atoms with van der Waals surface area (Å²) >= 11 is 0. The summed E-state index contributed by atoms with van der Waals surface area (Å²) in [5.74, 6) is -0.892. The topological polar surface area (TPSA) is 69.6 Å². The summed E-state index contributed by atoms with van der Waals surface area (Å²) in [6, 6.07) is -0.0257. The molecule has 0 radical (unpaired) electrons. The minimum absolute atomic E-state index is 0.0257. The van der Waals surface area contributed by atoms with Gasteiger partial charge in [0.1, 0.15) is 6.54 Å². The molecular weight excluding hydrogens is 256 g/mol. The number of carbonyl (C=O) groups excluding carboxylic acids is 1. The van der Waals surface area contributed by atoms with Crippen LogP contribution in [0.1, 0.15) is 52.9 Å². The van der Waals surface area contributed by atoms with Crippen molar-refractivity contribution >= 4 is 11.9 Å². The predicted molar refractivity (Wildman–Crippen MR) is 78.5 cm³/mol. The van der Waals surface area contributed by atoms with Crippen molar-refractivity contribution in [2.75, 3.05) is 19.6 Å². The first-order valence-electron chi connectivity index (χ1n) is 7.70. The molecular formula is C15H28N2O3. The van der Waals surface area contributed by atoms with E-state index in [-0.39, 0.29) is 23.9 Å². The number of rotatable bonds is 7. The number of nitrogens with one attached hydrogen (secondary N) is 1. The van der Waals surface area contributed by atoms with Gasteiger partial charge in [0.15, 0.2) is 0 Å². The fourth-order valence-electron chi connectivity index (χ4n) is 3.05. The van der Waals surface area contributed by atoms with Gasteiger partial charge in [0.05, 0.1) is 5.41 Å². The van der Waals surface area contributed by atoms with Crippen molar-refractivity contribution in [3.8, 4) is 0 Å². The van der Waals surface area contributed by atoms with E-state index in [4.69, 9.17) is 5.11 Å². The van der Waals surface area contributed by atoms with Crippen LogP contribution in [-0.2, 0) is 9.59 Å². The van der Waals surface area contributed by atoms with E-state index in [1.807, 2.05) is 13.8 Å². The van der Waals surface area contributed by atoms with E-state index in [1.54, 1.807) is 4.90 Å². The molecule has 1 aliphatic heterocycles. The zero-order chi connectivity index (χ0) is 15.2. The number of carboxylic acids is 1. The third kappa shape index (κ3) is 3.95. The van der Waals surface area contributed by atoms with Crippen molar-refractivity contribution < 1.29 is 14.7 Å². The van der Waals surface area contributed by atoms with Gasteiger partial charge >= 0.3 is 5.97 Å². The molecule has 1 rings (SSSR count). The Labute approximate surface area is 121 Å². The lowest BCUT2D eigenvalue weighted by molar-refractivity contribution is -0.153. The molecule has 116 valence electrons. The number of carbonyl (C=O) groups is 2. The average molecular weight is 284 g/mol. The quantitative estimate of drug-likeness (QED) is 0.749. The van der Waals surface area contributed by atoms with E-state index in [2.05, 4.69) is 12.2 Å². The van der Waals surface area contributed by atoms with Crippen LogP contribution in [0.2, 0.25) is 0 Å². The van der Waals surface area contributed by atoms with Crippen LogP contribution in [0.3, 0.4) is 0 Å². The lowest BCUT2D eigenvalue weighted by Gasteiger charge is -2.41. The number of aliphatic carboxylic acids is 1. The standard InChI is InChI=1S/C15H28N2O3/c1-4-6-15(7-9-16-10-8-15)14(20)17(11-13(18)19)12(3)5-2/h12,16H,4-11H2,1-3H3,(H,18,19). The second kappa shape index (κ2) is 7.62. The van der Waals surface area contributed by atoms with E-state index in [0.717, 1.165) is 45.2 Å². The van der Waals surface area contributed by atoms with Crippen LogP contribution in [0.4, 0.5) is 0 Å². The first kappa shape index (κ1) is 17.0. The lowest BCUT2D eigenvalue weighted by Crippen LogP contribution is -2.53. The van der Waals surface area contributed by atoms with Gasteiger partial charge in [-0.3, -0.25) is 9.59 Å². The van der Waals surface area contributed by atoms with E-state index in [1.165, 1.54) is 0 Å². The number of hydrogen-bond acceptors (Lipinski definition) is 3. The Balaban J connectivity index is 2.96. The highest BCUT2D eigenvalue weighted by Gasteiger charge is 2.42. The van der Waals surface area contributed by atoms with Crippen molar-refractivity contribution in [2.45, 2.75) is 58.9 Å². The summed E-state index contributed by atoms with van der Waals surface area (Å²) in [7, 11) is 0. The Morgan fingerprint density at radius 2 is 1.90 bits per heavy atom. The molecule has 1 amide bonds. The van der Waals surface area contributed by atoms with Gasteiger partial charge in [-0.1, -0.05) is 20.3 Å². The summed E-state index contributed by atoms with van der Waals surface area (Å²) in [5, 5.41) is 12.4. The molecule has 0 aromatic carbocycles. The summed E-state index contributed by atoms with van der Waals surface area (Å²) < 4.78 is 0. The van der Waals surface area contributed by atoms with Gasteiger partial charge in [0, 0.05) is 6.04 Å². The highest BCUT2D eigenvalue weighted by atomic mass is 16.4. The van der Waals surface area contributed by atoms with Crippen LogP contribution in [0.25, 0.3) is 0 Å². The molecule has 0 bridgehead atoms. The third-order valence-electron chi connectivity index (χ3n) is 4.43. The van der Waals surface area contributed by atoms with Crippen molar-refractivity contribution in [3.05, 3.63) is 0 Å². The molecule has 5 nitrogen and oxygen atoms in total. The Morgan fingerprint density at radius 1 is 1.30 bits per heavy atom. The van der Waals surface area contributed by atoms with Crippen molar-refractivity contribution in [3.63, 3.8) is 0 Å². The largest absolute Gasteiger partial charge is 0.480 e. The van der Waals surface area contributed by atoms with Crippen molar-refractivity contribution in [1.29, 1.82) is 0 Å². The summed E-state index contributed by atoms with van der Waals surface area (Å²) in [5.41, 5.74) is -0.362. The van der Waals surface area contributed by atoms with Crippen LogP contribution in [0, 0.1) is 5.41 Å². The predicted octanol–water partition coefficient (Wildman–Crippen LogP) is 1.87. The van der Waals surface area contributed by atoms with Gasteiger partial charge < -0.3 is 15.3 Å². The Kier molecular flexibility index (Phi) is 6.46. The van der Waals surface area contributed by atoms with Crippen LogP contribution in [0.15, 0.2) is 0 Å². The fraction of sp³-hybridized carbons (Fsp3) is 0.867. The normalized spacial score (nSPS) is 19.4. The summed E-state index contributed by atoms with van der Waals surface area (Å²) in [4.78, 5) is 25.6.